The summed E-state index contributed by atoms with van der Waals surface area (Å²) in [6.45, 7) is 3.48. The van der Waals surface area contributed by atoms with Crippen molar-refractivity contribution in [3.05, 3.63) is 29.3 Å². The third-order valence-electron chi connectivity index (χ3n) is 5.22. The minimum atomic E-state index is 0.944. The normalized spacial score (nSPS) is 28.9. The lowest BCUT2D eigenvalue weighted by Gasteiger charge is -2.29. The van der Waals surface area contributed by atoms with Gasteiger partial charge in [-0.25, -0.2) is 0 Å². The minimum absolute atomic E-state index is 0.944. The SMILES string of the molecule is Cc1cc(CBr)ccc1N(C)CC1CC2CCC1C2. The van der Waals surface area contributed by atoms with Gasteiger partial charge in [0.25, 0.3) is 0 Å². The summed E-state index contributed by atoms with van der Waals surface area (Å²) in [5.74, 6) is 3.02. The fraction of sp³-hybridized carbons (Fsp3) is 0.647. The Balaban J connectivity index is 1.68. The lowest BCUT2D eigenvalue weighted by Crippen LogP contribution is -2.29. The zero-order chi connectivity index (χ0) is 13.4. The van der Waals surface area contributed by atoms with E-state index >= 15 is 0 Å². The molecule has 0 aromatic heterocycles. The molecule has 19 heavy (non-hydrogen) atoms. The van der Waals surface area contributed by atoms with Gasteiger partial charge in [-0.05, 0) is 61.1 Å². The number of halogens is 1. The Morgan fingerprint density at radius 2 is 2.11 bits per heavy atom. The van der Waals surface area contributed by atoms with E-state index in [1.54, 1.807) is 0 Å². The first-order valence-corrected chi connectivity index (χ1v) is 8.66. The molecular formula is C17H24BrN. The van der Waals surface area contributed by atoms with Gasteiger partial charge in [0, 0.05) is 24.6 Å². The summed E-state index contributed by atoms with van der Waals surface area (Å²) in [6.07, 6.45) is 5.99. The first-order valence-electron chi connectivity index (χ1n) is 7.54. The van der Waals surface area contributed by atoms with E-state index in [0.717, 1.165) is 23.1 Å². The summed E-state index contributed by atoms with van der Waals surface area (Å²) in [5.41, 5.74) is 4.18. The van der Waals surface area contributed by atoms with Gasteiger partial charge >= 0.3 is 0 Å². The van der Waals surface area contributed by atoms with Crippen molar-refractivity contribution < 1.29 is 0 Å². The second-order valence-corrected chi connectivity index (χ2v) is 7.13. The van der Waals surface area contributed by atoms with Crippen LogP contribution in [0.4, 0.5) is 5.69 Å². The average Bonchev–Trinajstić information content (AvgIpc) is 3.00. The Bertz CT molecular complexity index is 457. The number of nitrogens with zero attached hydrogens (tertiary/aromatic N) is 1. The fourth-order valence-electron chi connectivity index (χ4n) is 4.28. The van der Waals surface area contributed by atoms with E-state index in [1.165, 1.54) is 49.0 Å². The average molecular weight is 322 g/mol. The zero-order valence-electron chi connectivity index (χ0n) is 12.0. The summed E-state index contributed by atoms with van der Waals surface area (Å²) in [6, 6.07) is 6.84. The summed E-state index contributed by atoms with van der Waals surface area (Å²) in [4.78, 5) is 2.48. The molecule has 3 atom stereocenters. The molecule has 1 nitrogen and oxygen atoms in total. The van der Waals surface area contributed by atoms with Gasteiger partial charge < -0.3 is 4.90 Å². The van der Waals surface area contributed by atoms with E-state index in [0.29, 0.717) is 0 Å². The molecule has 0 aliphatic heterocycles. The summed E-state index contributed by atoms with van der Waals surface area (Å²) >= 11 is 3.53. The Morgan fingerprint density at radius 3 is 2.68 bits per heavy atom. The van der Waals surface area contributed by atoms with E-state index in [4.69, 9.17) is 0 Å². The van der Waals surface area contributed by atoms with E-state index in [1.807, 2.05) is 0 Å². The molecule has 0 N–H and O–H groups in total. The van der Waals surface area contributed by atoms with Gasteiger partial charge in [-0.3, -0.25) is 0 Å². The number of alkyl halides is 1. The first kappa shape index (κ1) is 13.5. The van der Waals surface area contributed by atoms with Crippen LogP contribution >= 0.6 is 15.9 Å². The molecule has 0 saturated heterocycles. The van der Waals surface area contributed by atoms with Crippen molar-refractivity contribution in [1.29, 1.82) is 0 Å². The molecular weight excluding hydrogens is 298 g/mol. The predicted octanol–water partition coefficient (Wildman–Crippen LogP) is 4.76. The van der Waals surface area contributed by atoms with Crippen LogP contribution in [-0.4, -0.2) is 13.6 Å². The summed E-state index contributed by atoms with van der Waals surface area (Å²) in [7, 11) is 2.27. The van der Waals surface area contributed by atoms with Crippen LogP contribution < -0.4 is 4.90 Å². The molecule has 2 aliphatic carbocycles. The second kappa shape index (κ2) is 5.47. The largest absolute Gasteiger partial charge is 0.374 e. The molecule has 3 rings (SSSR count). The first-order chi connectivity index (χ1) is 9.17. The zero-order valence-corrected chi connectivity index (χ0v) is 13.6. The molecule has 2 saturated carbocycles. The highest BCUT2D eigenvalue weighted by atomic mass is 79.9. The van der Waals surface area contributed by atoms with Crippen LogP contribution in [0.3, 0.4) is 0 Å². The fourth-order valence-corrected chi connectivity index (χ4v) is 4.63. The van der Waals surface area contributed by atoms with Crippen LogP contribution in [0.25, 0.3) is 0 Å². The van der Waals surface area contributed by atoms with Gasteiger partial charge in [0.2, 0.25) is 0 Å². The van der Waals surface area contributed by atoms with E-state index in [2.05, 4.69) is 53.0 Å². The van der Waals surface area contributed by atoms with E-state index in [9.17, 15) is 0 Å². The van der Waals surface area contributed by atoms with Crippen molar-refractivity contribution in [3.8, 4) is 0 Å². The maximum atomic E-state index is 3.53. The van der Waals surface area contributed by atoms with Gasteiger partial charge in [-0.2, -0.15) is 0 Å². The van der Waals surface area contributed by atoms with Crippen LogP contribution in [0.15, 0.2) is 18.2 Å². The van der Waals surface area contributed by atoms with E-state index in [-0.39, 0.29) is 0 Å². The number of rotatable bonds is 4. The predicted molar refractivity (Wildman–Crippen MR) is 86.0 cm³/mol. The van der Waals surface area contributed by atoms with Gasteiger partial charge in [0.05, 0.1) is 0 Å². The molecule has 0 amide bonds. The Kier molecular flexibility index (Phi) is 3.88. The third-order valence-corrected chi connectivity index (χ3v) is 5.87. The number of aryl methyl sites for hydroxylation is 1. The molecule has 2 heteroatoms. The molecule has 1 aromatic carbocycles. The van der Waals surface area contributed by atoms with Crippen LogP contribution in [0.1, 0.15) is 36.8 Å². The number of anilines is 1. The lowest BCUT2D eigenvalue weighted by atomic mass is 9.88. The molecule has 2 aliphatic rings. The summed E-state index contributed by atoms with van der Waals surface area (Å²) in [5, 5.41) is 0.949. The Labute approximate surface area is 125 Å². The monoisotopic (exact) mass is 321 g/mol. The van der Waals surface area contributed by atoms with Gasteiger partial charge in [-0.15, -0.1) is 0 Å². The molecule has 2 bridgehead atoms. The number of fused-ring (bicyclic) bond motifs is 2. The highest BCUT2D eigenvalue weighted by Crippen LogP contribution is 2.48. The van der Waals surface area contributed by atoms with Crippen molar-refractivity contribution >= 4 is 21.6 Å². The smallest absolute Gasteiger partial charge is 0.0393 e. The van der Waals surface area contributed by atoms with Gasteiger partial charge in [0.15, 0.2) is 0 Å². The highest BCUT2D eigenvalue weighted by molar-refractivity contribution is 9.08. The molecule has 3 unspecified atom stereocenters. The standard InChI is InChI=1S/C17H24BrN/c1-12-7-14(10-18)4-6-17(12)19(2)11-16-9-13-3-5-15(16)8-13/h4,6-7,13,15-16H,3,5,8-11H2,1-2H3. The quantitative estimate of drug-likeness (QED) is 0.722. The maximum absolute atomic E-state index is 3.53. The Hall–Kier alpha value is -0.500. The number of hydrogen-bond acceptors (Lipinski definition) is 1. The number of hydrogen-bond donors (Lipinski definition) is 0. The van der Waals surface area contributed by atoms with Crippen molar-refractivity contribution in [2.45, 2.75) is 37.9 Å². The topological polar surface area (TPSA) is 3.24 Å². The summed E-state index contributed by atoms with van der Waals surface area (Å²) < 4.78 is 0. The molecule has 0 radical (unpaired) electrons. The minimum Gasteiger partial charge on any atom is -0.374 e. The third kappa shape index (κ3) is 2.69. The maximum Gasteiger partial charge on any atom is 0.0393 e. The molecule has 2 fully saturated rings. The highest BCUT2D eigenvalue weighted by Gasteiger charge is 2.39. The Morgan fingerprint density at radius 1 is 1.26 bits per heavy atom. The van der Waals surface area contributed by atoms with Crippen molar-refractivity contribution in [2.24, 2.45) is 17.8 Å². The lowest BCUT2D eigenvalue weighted by molar-refractivity contribution is 0.337. The molecule has 0 heterocycles. The van der Waals surface area contributed by atoms with E-state index < -0.39 is 0 Å². The van der Waals surface area contributed by atoms with Gasteiger partial charge in [-0.1, -0.05) is 34.5 Å². The van der Waals surface area contributed by atoms with Crippen molar-refractivity contribution in [1.82, 2.24) is 0 Å². The van der Waals surface area contributed by atoms with Crippen molar-refractivity contribution in [2.75, 3.05) is 18.5 Å². The van der Waals surface area contributed by atoms with Crippen molar-refractivity contribution in [3.63, 3.8) is 0 Å². The number of benzene rings is 1. The molecule has 1 aromatic rings. The van der Waals surface area contributed by atoms with Crippen LogP contribution in [0, 0.1) is 24.7 Å². The van der Waals surface area contributed by atoms with Gasteiger partial charge in [0.1, 0.15) is 0 Å². The van der Waals surface area contributed by atoms with Crippen LogP contribution in [0.5, 0.6) is 0 Å². The second-order valence-electron chi connectivity index (χ2n) is 6.57. The molecule has 0 spiro atoms. The molecule has 104 valence electrons. The van der Waals surface area contributed by atoms with Crippen LogP contribution in [0.2, 0.25) is 0 Å². The van der Waals surface area contributed by atoms with Crippen LogP contribution in [-0.2, 0) is 5.33 Å².